The van der Waals surface area contributed by atoms with Gasteiger partial charge in [0.25, 0.3) is 5.56 Å². The molecule has 0 saturated heterocycles. The highest BCUT2D eigenvalue weighted by molar-refractivity contribution is 7.99. The number of thioether (sulfide) groups is 1. The van der Waals surface area contributed by atoms with E-state index in [4.69, 9.17) is 0 Å². The fourth-order valence-corrected chi connectivity index (χ4v) is 3.42. The number of carbonyl (C=O) groups is 1. The second kappa shape index (κ2) is 6.64. The first-order chi connectivity index (χ1) is 9.92. The van der Waals surface area contributed by atoms with Gasteiger partial charge in [0.15, 0.2) is 5.16 Å². The smallest absolute Gasteiger partial charge is 0.254 e. The van der Waals surface area contributed by atoms with Gasteiger partial charge in [0, 0.05) is 24.3 Å². The second-order valence-electron chi connectivity index (χ2n) is 5.87. The van der Waals surface area contributed by atoms with Crippen LogP contribution in [0.2, 0.25) is 0 Å². The van der Waals surface area contributed by atoms with Crippen LogP contribution in [0.25, 0.3) is 0 Å². The Hall–Kier alpha value is -1.30. The zero-order valence-electron chi connectivity index (χ0n) is 13.0. The van der Waals surface area contributed by atoms with Crippen molar-refractivity contribution >= 4 is 17.7 Å². The van der Waals surface area contributed by atoms with Crippen molar-refractivity contribution in [2.24, 2.45) is 0 Å². The minimum atomic E-state index is -0.0877. The molecule has 1 aromatic rings. The molecule has 0 aliphatic carbocycles. The number of nitrogens with one attached hydrogen (secondary N) is 1. The highest BCUT2D eigenvalue weighted by Crippen LogP contribution is 2.32. The van der Waals surface area contributed by atoms with Crippen LogP contribution >= 0.6 is 11.8 Å². The van der Waals surface area contributed by atoms with E-state index in [1.807, 2.05) is 27.7 Å². The van der Waals surface area contributed by atoms with Crippen molar-refractivity contribution < 1.29 is 4.79 Å². The van der Waals surface area contributed by atoms with Crippen molar-refractivity contribution in [1.82, 2.24) is 14.9 Å². The summed E-state index contributed by atoms with van der Waals surface area (Å²) in [6.45, 7) is 8.07. The van der Waals surface area contributed by atoms with Gasteiger partial charge in [-0.1, -0.05) is 32.5 Å². The lowest BCUT2D eigenvalue weighted by molar-refractivity contribution is -0.122. The summed E-state index contributed by atoms with van der Waals surface area (Å²) in [5.74, 6) is 0.970. The lowest BCUT2D eigenvalue weighted by Crippen LogP contribution is -2.35. The Morgan fingerprint density at radius 1 is 1.52 bits per heavy atom. The van der Waals surface area contributed by atoms with Crippen molar-refractivity contribution in [2.75, 3.05) is 5.75 Å². The number of carbonyl (C=O) groups excluding carboxylic acids is 1. The van der Waals surface area contributed by atoms with Crippen molar-refractivity contribution in [3.05, 3.63) is 22.1 Å². The molecular weight excluding hydrogens is 286 g/mol. The van der Waals surface area contributed by atoms with Crippen LogP contribution in [0.3, 0.4) is 0 Å². The molecule has 2 rings (SSSR count). The van der Waals surface area contributed by atoms with E-state index in [0.29, 0.717) is 6.42 Å². The van der Waals surface area contributed by atoms with E-state index >= 15 is 0 Å². The maximum absolute atomic E-state index is 12.3. The minimum absolute atomic E-state index is 0.00244. The standard InChI is InChI=1S/C15H23N3O2S/c1-5-10(4)16-13(19)6-11-8-21-15-17-12(9(2)3)7-14(20)18(11)15/h7,9-11H,5-6,8H2,1-4H3,(H,16,19). The first-order valence-electron chi connectivity index (χ1n) is 7.48. The SMILES string of the molecule is CCC(C)NC(=O)CC1CSc2nc(C(C)C)cc(=O)n21. The Balaban J connectivity index is 2.15. The third-order valence-corrected chi connectivity index (χ3v) is 4.84. The summed E-state index contributed by atoms with van der Waals surface area (Å²) in [5.41, 5.74) is 0.776. The summed E-state index contributed by atoms with van der Waals surface area (Å²) in [6, 6.07) is 1.68. The van der Waals surface area contributed by atoms with E-state index in [0.717, 1.165) is 23.0 Å². The molecule has 1 aliphatic heterocycles. The topological polar surface area (TPSA) is 64.0 Å². The zero-order chi connectivity index (χ0) is 15.6. The van der Waals surface area contributed by atoms with Gasteiger partial charge in [-0.3, -0.25) is 14.2 Å². The Morgan fingerprint density at radius 3 is 2.86 bits per heavy atom. The minimum Gasteiger partial charge on any atom is -0.354 e. The van der Waals surface area contributed by atoms with Crippen LogP contribution < -0.4 is 10.9 Å². The highest BCUT2D eigenvalue weighted by atomic mass is 32.2. The molecular formula is C15H23N3O2S. The lowest BCUT2D eigenvalue weighted by atomic mass is 10.1. The highest BCUT2D eigenvalue weighted by Gasteiger charge is 2.28. The van der Waals surface area contributed by atoms with Gasteiger partial charge in [0.05, 0.1) is 11.7 Å². The normalized spacial score (nSPS) is 18.6. The van der Waals surface area contributed by atoms with Crippen molar-refractivity contribution in [3.63, 3.8) is 0 Å². The van der Waals surface area contributed by atoms with Gasteiger partial charge < -0.3 is 5.32 Å². The molecule has 0 aromatic carbocycles. The van der Waals surface area contributed by atoms with E-state index in [1.54, 1.807) is 22.4 Å². The molecule has 0 radical (unpaired) electrons. The van der Waals surface area contributed by atoms with Crippen LogP contribution in [0, 0.1) is 0 Å². The number of rotatable bonds is 5. The molecule has 1 N–H and O–H groups in total. The molecule has 1 aliphatic rings. The summed E-state index contributed by atoms with van der Waals surface area (Å²) >= 11 is 1.56. The molecule has 0 bridgehead atoms. The van der Waals surface area contributed by atoms with Gasteiger partial charge in [0.1, 0.15) is 0 Å². The first-order valence-corrected chi connectivity index (χ1v) is 8.46. The first kappa shape index (κ1) is 16.1. The van der Waals surface area contributed by atoms with Crippen LogP contribution in [0.1, 0.15) is 58.2 Å². The monoisotopic (exact) mass is 309 g/mol. The number of hydrogen-bond donors (Lipinski definition) is 1. The van der Waals surface area contributed by atoms with Crippen LogP contribution in [-0.4, -0.2) is 27.3 Å². The quantitative estimate of drug-likeness (QED) is 0.848. The molecule has 2 heterocycles. The molecule has 5 nitrogen and oxygen atoms in total. The zero-order valence-corrected chi connectivity index (χ0v) is 13.9. The second-order valence-corrected chi connectivity index (χ2v) is 6.86. The number of aromatic nitrogens is 2. The van der Waals surface area contributed by atoms with E-state index in [-0.39, 0.29) is 29.5 Å². The molecule has 0 saturated carbocycles. The summed E-state index contributed by atoms with van der Waals surface area (Å²) in [5, 5.41) is 3.70. The lowest BCUT2D eigenvalue weighted by Gasteiger charge is -2.16. The van der Waals surface area contributed by atoms with Crippen LogP contribution in [0.5, 0.6) is 0 Å². The molecule has 0 spiro atoms. The predicted molar refractivity (Wildman–Crippen MR) is 84.9 cm³/mol. The van der Waals surface area contributed by atoms with Gasteiger partial charge >= 0.3 is 0 Å². The third kappa shape index (κ3) is 3.67. The molecule has 1 aromatic heterocycles. The van der Waals surface area contributed by atoms with Gasteiger partial charge in [-0.05, 0) is 19.3 Å². The van der Waals surface area contributed by atoms with Crippen molar-refractivity contribution in [1.29, 1.82) is 0 Å². The molecule has 2 atom stereocenters. The van der Waals surface area contributed by atoms with Crippen molar-refractivity contribution in [2.45, 2.75) is 63.7 Å². The maximum atomic E-state index is 12.3. The fraction of sp³-hybridized carbons (Fsp3) is 0.667. The van der Waals surface area contributed by atoms with Gasteiger partial charge in [-0.15, -0.1) is 0 Å². The number of amides is 1. The summed E-state index contributed by atoms with van der Waals surface area (Å²) in [7, 11) is 0. The van der Waals surface area contributed by atoms with Gasteiger partial charge in [-0.25, -0.2) is 4.98 Å². The summed E-state index contributed by atoms with van der Waals surface area (Å²) < 4.78 is 1.67. The molecule has 116 valence electrons. The Morgan fingerprint density at radius 2 is 2.24 bits per heavy atom. The number of hydrogen-bond acceptors (Lipinski definition) is 4. The van der Waals surface area contributed by atoms with Crippen molar-refractivity contribution in [3.8, 4) is 0 Å². The average Bonchev–Trinajstić information content (AvgIpc) is 2.81. The van der Waals surface area contributed by atoms with Crippen LogP contribution in [0.4, 0.5) is 0 Å². The van der Waals surface area contributed by atoms with E-state index in [1.165, 1.54) is 0 Å². The number of fused-ring (bicyclic) bond motifs is 1. The summed E-state index contributed by atoms with van der Waals surface area (Å²) in [4.78, 5) is 28.8. The average molecular weight is 309 g/mol. The third-order valence-electron chi connectivity index (χ3n) is 3.74. The van der Waals surface area contributed by atoms with Crippen LogP contribution in [0.15, 0.2) is 16.0 Å². The van der Waals surface area contributed by atoms with Gasteiger partial charge in [0.2, 0.25) is 5.91 Å². The predicted octanol–water partition coefficient (Wildman–Crippen LogP) is 2.32. The Labute approximate surface area is 129 Å². The Kier molecular flexibility index (Phi) is 5.08. The molecule has 21 heavy (non-hydrogen) atoms. The summed E-state index contributed by atoms with van der Waals surface area (Å²) in [6.07, 6.45) is 1.24. The maximum Gasteiger partial charge on any atom is 0.254 e. The van der Waals surface area contributed by atoms with Gasteiger partial charge in [-0.2, -0.15) is 0 Å². The van der Waals surface area contributed by atoms with E-state index < -0.39 is 0 Å². The molecule has 6 heteroatoms. The molecule has 2 unspecified atom stereocenters. The number of nitrogens with zero attached hydrogens (tertiary/aromatic N) is 2. The fourth-order valence-electron chi connectivity index (χ4n) is 2.27. The molecule has 0 fully saturated rings. The van der Waals surface area contributed by atoms with E-state index in [2.05, 4.69) is 10.3 Å². The largest absolute Gasteiger partial charge is 0.354 e. The van der Waals surface area contributed by atoms with Crippen LogP contribution in [-0.2, 0) is 4.79 Å². The Bertz CT molecular complexity index is 583. The van der Waals surface area contributed by atoms with E-state index in [9.17, 15) is 9.59 Å². The molecule has 1 amide bonds.